The Bertz CT molecular complexity index is 538. The van der Waals surface area contributed by atoms with E-state index in [1.807, 2.05) is 12.1 Å². The van der Waals surface area contributed by atoms with Crippen molar-refractivity contribution in [3.05, 3.63) is 59.7 Å². The predicted molar refractivity (Wildman–Crippen MR) is 71.4 cm³/mol. The van der Waals surface area contributed by atoms with Crippen LogP contribution in [-0.2, 0) is 0 Å². The molecule has 2 N–H and O–H groups in total. The molecule has 0 radical (unpaired) electrons. The summed E-state index contributed by atoms with van der Waals surface area (Å²) in [5.41, 5.74) is 1.53. The smallest absolute Gasteiger partial charge is 0.116 e. The zero-order valence-electron chi connectivity index (χ0n) is 9.56. The summed E-state index contributed by atoms with van der Waals surface area (Å²) in [5, 5.41) is 26.2. The third-order valence-corrected chi connectivity index (χ3v) is 2.22. The van der Waals surface area contributed by atoms with Crippen LogP contribution in [0.1, 0.15) is 11.1 Å². The molecule has 0 saturated heterocycles. The lowest BCUT2D eigenvalue weighted by Crippen LogP contribution is -1.81. The van der Waals surface area contributed by atoms with Crippen molar-refractivity contribution in [2.75, 3.05) is 0 Å². The van der Waals surface area contributed by atoms with E-state index in [2.05, 4.69) is 10.2 Å². The lowest BCUT2D eigenvalue weighted by Gasteiger charge is -1.93. The fourth-order valence-corrected chi connectivity index (χ4v) is 1.41. The number of hydrogen-bond donors (Lipinski definition) is 2. The third kappa shape index (κ3) is 3.45. The van der Waals surface area contributed by atoms with Gasteiger partial charge < -0.3 is 10.2 Å². The second kappa shape index (κ2) is 5.63. The third-order valence-electron chi connectivity index (χ3n) is 2.22. The molecule has 0 aliphatic heterocycles. The van der Waals surface area contributed by atoms with Crippen LogP contribution in [0.15, 0.2) is 58.7 Å². The Balaban J connectivity index is 2.03. The molecule has 0 fully saturated rings. The summed E-state index contributed by atoms with van der Waals surface area (Å²) in [4.78, 5) is 0. The van der Waals surface area contributed by atoms with E-state index in [9.17, 15) is 10.2 Å². The van der Waals surface area contributed by atoms with Crippen molar-refractivity contribution < 1.29 is 10.2 Å². The highest BCUT2D eigenvalue weighted by atomic mass is 16.3. The number of phenols is 2. The van der Waals surface area contributed by atoms with Gasteiger partial charge in [-0.05, 0) is 35.4 Å². The van der Waals surface area contributed by atoms with E-state index in [-0.39, 0.29) is 11.5 Å². The highest BCUT2D eigenvalue weighted by Gasteiger charge is 1.90. The molecule has 0 spiro atoms. The van der Waals surface area contributed by atoms with E-state index in [4.69, 9.17) is 0 Å². The summed E-state index contributed by atoms with van der Waals surface area (Å²) in [6.45, 7) is 0. The number of aromatic hydroxyl groups is 2. The molecule has 0 saturated carbocycles. The lowest BCUT2D eigenvalue weighted by molar-refractivity contribution is 0.474. The molecule has 2 aromatic rings. The van der Waals surface area contributed by atoms with Crippen LogP contribution in [0, 0.1) is 0 Å². The van der Waals surface area contributed by atoms with Gasteiger partial charge in [-0.3, -0.25) is 0 Å². The van der Waals surface area contributed by atoms with Crippen molar-refractivity contribution in [2.45, 2.75) is 0 Å². The van der Waals surface area contributed by atoms with Gasteiger partial charge in [0.15, 0.2) is 0 Å². The van der Waals surface area contributed by atoms with E-state index >= 15 is 0 Å². The Labute approximate surface area is 105 Å². The molecule has 18 heavy (non-hydrogen) atoms. The van der Waals surface area contributed by atoms with Gasteiger partial charge in [-0.2, -0.15) is 10.2 Å². The lowest BCUT2D eigenvalue weighted by atomic mass is 10.2. The summed E-state index contributed by atoms with van der Waals surface area (Å²) in [6.07, 6.45) is 3.08. The molecular formula is C14H12N2O2. The average Bonchev–Trinajstić information content (AvgIpc) is 2.35. The number of nitrogens with zero attached hydrogens (tertiary/aromatic N) is 2. The molecule has 0 bridgehead atoms. The quantitative estimate of drug-likeness (QED) is 0.639. The molecule has 2 aromatic carbocycles. The summed E-state index contributed by atoms with van der Waals surface area (Å²) in [5.74, 6) is 0.381. The summed E-state index contributed by atoms with van der Waals surface area (Å²) in [6, 6.07) is 13.5. The van der Waals surface area contributed by atoms with Crippen LogP contribution < -0.4 is 0 Å². The topological polar surface area (TPSA) is 65.2 Å². The highest BCUT2D eigenvalue weighted by Crippen LogP contribution is 2.10. The maximum Gasteiger partial charge on any atom is 0.116 e. The summed E-state index contributed by atoms with van der Waals surface area (Å²) >= 11 is 0. The van der Waals surface area contributed by atoms with Crippen LogP contribution >= 0.6 is 0 Å². The van der Waals surface area contributed by atoms with Gasteiger partial charge in [0, 0.05) is 0 Å². The van der Waals surface area contributed by atoms with Crippen LogP contribution in [0.3, 0.4) is 0 Å². The van der Waals surface area contributed by atoms with Gasteiger partial charge in [-0.1, -0.05) is 24.3 Å². The molecule has 0 unspecified atom stereocenters. The molecule has 0 heterocycles. The Morgan fingerprint density at radius 2 is 1.17 bits per heavy atom. The molecule has 0 amide bonds. The molecule has 4 nitrogen and oxygen atoms in total. The minimum Gasteiger partial charge on any atom is -0.508 e. The highest BCUT2D eigenvalue weighted by molar-refractivity contribution is 5.83. The van der Waals surface area contributed by atoms with Gasteiger partial charge in [-0.15, -0.1) is 0 Å². The van der Waals surface area contributed by atoms with E-state index in [1.54, 1.807) is 48.8 Å². The minimum absolute atomic E-state index is 0.191. The first-order chi connectivity index (χ1) is 8.74. The monoisotopic (exact) mass is 240 g/mol. The number of benzene rings is 2. The fraction of sp³-hybridized carbons (Fsp3) is 0. The van der Waals surface area contributed by atoms with Crippen molar-refractivity contribution in [2.24, 2.45) is 10.2 Å². The second-order valence-corrected chi connectivity index (χ2v) is 3.68. The van der Waals surface area contributed by atoms with Gasteiger partial charge in [-0.25, -0.2) is 0 Å². The molecule has 0 aliphatic carbocycles. The molecule has 0 atom stereocenters. The first kappa shape index (κ1) is 11.9. The number of phenolic OH excluding ortho intramolecular Hbond substituents is 2. The largest absolute Gasteiger partial charge is 0.508 e. The predicted octanol–water partition coefficient (Wildman–Crippen LogP) is 2.55. The van der Waals surface area contributed by atoms with E-state index in [0.29, 0.717) is 0 Å². The molecule has 90 valence electrons. The van der Waals surface area contributed by atoms with Crippen molar-refractivity contribution >= 4 is 12.4 Å². The normalized spacial score (nSPS) is 11.3. The first-order valence-electron chi connectivity index (χ1n) is 5.38. The summed E-state index contributed by atoms with van der Waals surface area (Å²) in [7, 11) is 0. The zero-order chi connectivity index (χ0) is 12.8. The van der Waals surface area contributed by atoms with Crippen LogP contribution in [0.5, 0.6) is 11.5 Å². The van der Waals surface area contributed by atoms with E-state index < -0.39 is 0 Å². The van der Waals surface area contributed by atoms with Crippen molar-refractivity contribution in [1.82, 2.24) is 0 Å². The SMILES string of the molecule is Oc1cccc(/C=N/N=C/c2cccc(O)c2)c1. The number of rotatable bonds is 3. The summed E-state index contributed by atoms with van der Waals surface area (Å²) < 4.78 is 0. The van der Waals surface area contributed by atoms with Gasteiger partial charge in [0.2, 0.25) is 0 Å². The van der Waals surface area contributed by atoms with Crippen molar-refractivity contribution in [3.63, 3.8) is 0 Å². The molecule has 0 aliphatic rings. The Morgan fingerprint density at radius 1 is 0.722 bits per heavy atom. The van der Waals surface area contributed by atoms with Crippen LogP contribution in [0.25, 0.3) is 0 Å². The van der Waals surface area contributed by atoms with Crippen LogP contribution in [-0.4, -0.2) is 22.6 Å². The standard InChI is InChI=1S/C14H12N2O2/c17-13-5-1-3-11(7-13)9-15-16-10-12-4-2-6-14(18)8-12/h1-10,17-18H/b15-9+,16-10+. The maximum atomic E-state index is 9.25. The van der Waals surface area contributed by atoms with Crippen molar-refractivity contribution in [1.29, 1.82) is 0 Å². The van der Waals surface area contributed by atoms with Gasteiger partial charge >= 0.3 is 0 Å². The minimum atomic E-state index is 0.191. The first-order valence-corrected chi connectivity index (χ1v) is 5.38. The van der Waals surface area contributed by atoms with Gasteiger partial charge in [0.25, 0.3) is 0 Å². The van der Waals surface area contributed by atoms with Crippen molar-refractivity contribution in [3.8, 4) is 11.5 Å². The van der Waals surface area contributed by atoms with Crippen LogP contribution in [0.2, 0.25) is 0 Å². The van der Waals surface area contributed by atoms with Gasteiger partial charge in [0.1, 0.15) is 11.5 Å². The van der Waals surface area contributed by atoms with E-state index in [0.717, 1.165) is 11.1 Å². The Morgan fingerprint density at radius 3 is 1.56 bits per heavy atom. The average molecular weight is 240 g/mol. The second-order valence-electron chi connectivity index (χ2n) is 3.68. The fourth-order valence-electron chi connectivity index (χ4n) is 1.41. The zero-order valence-corrected chi connectivity index (χ0v) is 9.56. The maximum absolute atomic E-state index is 9.25. The molecular weight excluding hydrogens is 228 g/mol. The molecule has 2 rings (SSSR count). The Hall–Kier alpha value is -2.62. The molecule has 4 heteroatoms. The van der Waals surface area contributed by atoms with E-state index in [1.165, 1.54) is 0 Å². The van der Waals surface area contributed by atoms with Gasteiger partial charge in [0.05, 0.1) is 12.4 Å². The van der Waals surface area contributed by atoms with Crippen LogP contribution in [0.4, 0.5) is 0 Å². The number of hydrogen-bond acceptors (Lipinski definition) is 4. The molecule has 0 aromatic heterocycles. The Kier molecular flexibility index (Phi) is 3.71.